The third kappa shape index (κ3) is 4.65. The van der Waals surface area contributed by atoms with Gasteiger partial charge in [-0.25, -0.2) is 14.4 Å². The first-order chi connectivity index (χ1) is 16.2. The van der Waals surface area contributed by atoms with E-state index in [1.54, 1.807) is 12.1 Å². The first-order valence-electron chi connectivity index (χ1n) is 10.2. The monoisotopic (exact) mass is 471 g/mol. The predicted molar refractivity (Wildman–Crippen MR) is 134 cm³/mol. The Kier molecular flexibility index (Phi) is 6.15. The molecule has 0 fully saturated rings. The number of amides is 1. The van der Waals surface area contributed by atoms with Crippen molar-refractivity contribution in [3.8, 4) is 22.3 Å². The van der Waals surface area contributed by atoms with Crippen molar-refractivity contribution >= 4 is 44.9 Å². The molecule has 162 valence electrons. The highest BCUT2D eigenvalue weighted by Crippen LogP contribution is 2.38. The minimum absolute atomic E-state index is 0.117. The predicted octanol–water partition coefficient (Wildman–Crippen LogP) is 6.90. The van der Waals surface area contributed by atoms with Crippen LogP contribution in [0.1, 0.15) is 0 Å². The number of carbonyl (C=O) groups excluding carboxylic acids is 1. The molecule has 4 nitrogen and oxygen atoms in total. The number of nitrogens with zero attached hydrogens (tertiary/aromatic N) is 2. The molecular formula is C26H18FN3OS2. The van der Waals surface area contributed by atoms with Gasteiger partial charge in [-0.1, -0.05) is 72.4 Å². The summed E-state index contributed by atoms with van der Waals surface area (Å²) in [6, 6.07) is 24.1. The van der Waals surface area contributed by atoms with Gasteiger partial charge in [0.15, 0.2) is 0 Å². The molecule has 0 aliphatic carbocycles. The highest BCUT2D eigenvalue weighted by atomic mass is 32.2. The molecule has 2 aromatic heterocycles. The molecule has 0 radical (unpaired) electrons. The minimum atomic E-state index is -0.281. The molecule has 0 saturated carbocycles. The Bertz CT molecular complexity index is 1420. The second-order valence-corrected chi connectivity index (χ2v) is 9.09. The van der Waals surface area contributed by atoms with Gasteiger partial charge in [-0.15, -0.1) is 11.3 Å². The van der Waals surface area contributed by atoms with E-state index in [0.29, 0.717) is 0 Å². The van der Waals surface area contributed by atoms with Crippen LogP contribution in [-0.2, 0) is 4.79 Å². The number of carbonyl (C=O) groups is 1. The number of rotatable bonds is 6. The largest absolute Gasteiger partial charge is 0.325 e. The molecule has 0 bridgehead atoms. The summed E-state index contributed by atoms with van der Waals surface area (Å²) in [7, 11) is 0. The fourth-order valence-electron chi connectivity index (χ4n) is 3.58. The lowest BCUT2D eigenvalue weighted by Gasteiger charge is -2.11. The first-order valence-corrected chi connectivity index (χ1v) is 12.1. The number of aromatic nitrogens is 2. The minimum Gasteiger partial charge on any atom is -0.325 e. The van der Waals surface area contributed by atoms with Crippen LogP contribution in [0.5, 0.6) is 0 Å². The summed E-state index contributed by atoms with van der Waals surface area (Å²) in [4.78, 5) is 22.5. The molecule has 0 unspecified atom stereocenters. The number of nitrogens with one attached hydrogen (secondary N) is 1. The average molecular weight is 472 g/mol. The quantitative estimate of drug-likeness (QED) is 0.216. The number of hydrogen-bond donors (Lipinski definition) is 1. The van der Waals surface area contributed by atoms with Gasteiger partial charge in [-0.3, -0.25) is 4.79 Å². The summed E-state index contributed by atoms with van der Waals surface area (Å²) in [5.74, 6) is -0.196. The molecule has 7 heteroatoms. The Balaban J connectivity index is 1.37. The summed E-state index contributed by atoms with van der Waals surface area (Å²) in [5, 5.41) is 6.64. The van der Waals surface area contributed by atoms with Crippen molar-refractivity contribution in [2.45, 2.75) is 5.03 Å². The molecule has 0 atom stereocenters. The Morgan fingerprint density at radius 3 is 2.42 bits per heavy atom. The Hall–Kier alpha value is -3.55. The number of hydrogen-bond acceptors (Lipinski definition) is 5. The molecule has 0 aliphatic rings. The van der Waals surface area contributed by atoms with Gasteiger partial charge in [-0.2, -0.15) is 0 Å². The van der Waals surface area contributed by atoms with Gasteiger partial charge in [0, 0.05) is 22.2 Å². The fourth-order valence-corrected chi connectivity index (χ4v) is 5.37. The van der Waals surface area contributed by atoms with Crippen molar-refractivity contribution in [3.05, 3.63) is 96.4 Å². The van der Waals surface area contributed by atoms with Crippen molar-refractivity contribution in [2.75, 3.05) is 11.1 Å². The normalized spacial score (nSPS) is 10.9. The molecule has 5 aromatic rings. The number of anilines is 1. The lowest BCUT2D eigenvalue weighted by atomic mass is 10.0. The maximum atomic E-state index is 13.4. The highest BCUT2D eigenvalue weighted by Gasteiger charge is 2.15. The molecular weight excluding hydrogens is 453 g/mol. The first kappa shape index (κ1) is 21.3. The Morgan fingerprint density at radius 1 is 0.879 bits per heavy atom. The zero-order valence-electron chi connectivity index (χ0n) is 17.4. The average Bonchev–Trinajstić information content (AvgIpc) is 3.29. The number of halogens is 1. The molecule has 0 aliphatic heterocycles. The van der Waals surface area contributed by atoms with E-state index in [-0.39, 0.29) is 17.5 Å². The summed E-state index contributed by atoms with van der Waals surface area (Å²) in [6.45, 7) is 0. The second-order valence-electron chi connectivity index (χ2n) is 7.26. The topological polar surface area (TPSA) is 54.9 Å². The summed E-state index contributed by atoms with van der Waals surface area (Å²) in [5.41, 5.74) is 4.61. The van der Waals surface area contributed by atoms with E-state index in [9.17, 15) is 9.18 Å². The third-order valence-electron chi connectivity index (χ3n) is 5.12. The molecule has 1 N–H and O–H groups in total. The van der Waals surface area contributed by atoms with Crippen LogP contribution in [0.4, 0.5) is 10.1 Å². The van der Waals surface area contributed by atoms with Gasteiger partial charge in [0.2, 0.25) is 5.91 Å². The fraction of sp³-hybridized carbons (Fsp3) is 0.0385. The van der Waals surface area contributed by atoms with E-state index in [2.05, 4.69) is 15.3 Å². The van der Waals surface area contributed by atoms with E-state index in [1.807, 2.05) is 60.0 Å². The van der Waals surface area contributed by atoms with Crippen LogP contribution in [0.15, 0.2) is 95.6 Å². The number of fused-ring (bicyclic) bond motifs is 1. The van der Waals surface area contributed by atoms with E-state index in [0.717, 1.165) is 43.2 Å². The van der Waals surface area contributed by atoms with Gasteiger partial charge in [0.1, 0.15) is 22.0 Å². The molecule has 0 spiro atoms. The summed E-state index contributed by atoms with van der Waals surface area (Å²) >= 11 is 2.87. The number of benzene rings is 3. The maximum Gasteiger partial charge on any atom is 0.234 e. The van der Waals surface area contributed by atoms with Crippen LogP contribution in [0, 0.1) is 5.82 Å². The van der Waals surface area contributed by atoms with Crippen LogP contribution in [0.3, 0.4) is 0 Å². The van der Waals surface area contributed by atoms with E-state index < -0.39 is 0 Å². The lowest BCUT2D eigenvalue weighted by molar-refractivity contribution is -0.113. The van der Waals surface area contributed by atoms with Gasteiger partial charge in [-0.05, 0) is 29.3 Å². The van der Waals surface area contributed by atoms with E-state index in [4.69, 9.17) is 0 Å². The third-order valence-corrected chi connectivity index (χ3v) is 6.99. The van der Waals surface area contributed by atoms with Gasteiger partial charge < -0.3 is 5.32 Å². The van der Waals surface area contributed by atoms with Gasteiger partial charge in [0.25, 0.3) is 0 Å². The zero-order chi connectivity index (χ0) is 22.6. The second kappa shape index (κ2) is 9.52. The SMILES string of the molecule is O=C(CSc1ncnc2scc(-c3ccc(F)cc3)c12)Nc1ccccc1-c1ccccc1. The van der Waals surface area contributed by atoms with Crippen LogP contribution in [0.2, 0.25) is 0 Å². The van der Waals surface area contributed by atoms with Crippen LogP contribution >= 0.6 is 23.1 Å². The summed E-state index contributed by atoms with van der Waals surface area (Å²) in [6.07, 6.45) is 1.51. The molecule has 2 heterocycles. The Morgan fingerprint density at radius 2 is 1.61 bits per heavy atom. The van der Waals surface area contributed by atoms with Gasteiger partial charge in [0.05, 0.1) is 11.1 Å². The molecule has 1 amide bonds. The molecule has 3 aromatic carbocycles. The smallest absolute Gasteiger partial charge is 0.234 e. The summed E-state index contributed by atoms with van der Waals surface area (Å²) < 4.78 is 13.4. The molecule has 33 heavy (non-hydrogen) atoms. The van der Waals surface area contributed by atoms with Crippen LogP contribution in [-0.4, -0.2) is 21.6 Å². The Labute approximate surface area is 198 Å². The molecule has 5 rings (SSSR count). The number of thiophene rings is 1. The van der Waals surface area contributed by atoms with Crippen LogP contribution in [0.25, 0.3) is 32.5 Å². The van der Waals surface area contributed by atoms with Crippen molar-refractivity contribution in [2.24, 2.45) is 0 Å². The lowest BCUT2D eigenvalue weighted by Crippen LogP contribution is -2.14. The van der Waals surface area contributed by atoms with Crippen molar-refractivity contribution in [1.82, 2.24) is 9.97 Å². The highest BCUT2D eigenvalue weighted by molar-refractivity contribution is 8.00. The molecule has 0 saturated heterocycles. The van der Waals surface area contributed by atoms with Crippen molar-refractivity contribution < 1.29 is 9.18 Å². The maximum absolute atomic E-state index is 13.4. The standard InChI is InChI=1S/C26H18FN3OS2/c27-19-12-10-18(11-13-19)21-14-32-25-24(21)26(29-16-28-25)33-15-23(31)30-22-9-5-4-8-20(22)17-6-2-1-3-7-17/h1-14,16H,15H2,(H,30,31). The number of thioether (sulfide) groups is 1. The van der Waals surface area contributed by atoms with Gasteiger partial charge >= 0.3 is 0 Å². The van der Waals surface area contributed by atoms with E-state index >= 15 is 0 Å². The zero-order valence-corrected chi connectivity index (χ0v) is 19.0. The number of para-hydroxylation sites is 1. The van der Waals surface area contributed by atoms with Crippen LogP contribution < -0.4 is 5.32 Å². The van der Waals surface area contributed by atoms with E-state index in [1.165, 1.54) is 41.6 Å². The van der Waals surface area contributed by atoms with Crippen molar-refractivity contribution in [3.63, 3.8) is 0 Å². The van der Waals surface area contributed by atoms with Crippen molar-refractivity contribution in [1.29, 1.82) is 0 Å².